The Morgan fingerprint density at radius 3 is 1.56 bits per heavy atom. The third-order valence-corrected chi connectivity index (χ3v) is 20.1. The number of rotatable bonds is 8. The molecule has 17 aromatic rings. The second-order valence-electron chi connectivity index (χ2n) is 27.9. The molecule has 5 heterocycles. The van der Waals surface area contributed by atoms with Gasteiger partial charge in [-0.25, -0.2) is 0 Å². The van der Waals surface area contributed by atoms with Crippen LogP contribution in [0.2, 0.25) is 0 Å². The molecular formula is C92H69BN4O. The highest BCUT2D eigenvalue weighted by Crippen LogP contribution is 2.55. The standard InChI is InChI=1S/C92H69BN4O/c1-91(2,3)65-49-62(50-66(56-65)92(4,5)6)64-54-83-89-84(55-64)97(90-69(60-31-15-9-16-32-60)45-48-86-88(90)73-38-22-26-42-85(73)98-86)79-51-61(58-27-11-7-12-28-58)43-46-74(79)93(89)75-47-44-68(95-76-39-23-19-35-70(76)71-36-20-24-40-77(71)95)57-80(75)96(83)82-53-63(59-29-13-8-14-30-59)52-81-87(82)72-37-21-25-41-78(72)94(81)67-33-17-10-18-34-67/h7-57H,1-6H3/i7D,11D,12D,19D,20D,23D,24D,27D,28D,35D,36D,39D,40D. The maximum absolute atomic E-state index is 9.87. The van der Waals surface area contributed by atoms with Crippen molar-refractivity contribution in [2.75, 3.05) is 9.80 Å². The minimum absolute atomic E-state index is 0.0203. The highest BCUT2D eigenvalue weighted by atomic mass is 16.3. The van der Waals surface area contributed by atoms with Crippen LogP contribution in [0.25, 0.3) is 121 Å². The number of furan rings is 1. The van der Waals surface area contributed by atoms with E-state index in [2.05, 4.69) is 171 Å². The van der Waals surface area contributed by atoms with Crippen molar-refractivity contribution in [3.8, 4) is 55.9 Å². The first kappa shape index (κ1) is 45.5. The van der Waals surface area contributed by atoms with Crippen molar-refractivity contribution in [3.05, 3.63) is 320 Å². The molecule has 0 atom stereocenters. The van der Waals surface area contributed by atoms with Gasteiger partial charge < -0.3 is 23.4 Å². The van der Waals surface area contributed by atoms with Gasteiger partial charge in [0.25, 0.3) is 6.71 Å². The Bertz CT molecular complexity index is 6780. The van der Waals surface area contributed by atoms with Crippen LogP contribution in [-0.4, -0.2) is 15.8 Å². The molecule has 19 rings (SSSR count). The van der Waals surface area contributed by atoms with Crippen molar-refractivity contribution in [1.29, 1.82) is 0 Å². The van der Waals surface area contributed by atoms with Gasteiger partial charge in [-0.15, -0.1) is 0 Å². The average Bonchev–Trinajstić information content (AvgIpc) is 1.59. The molecule has 0 radical (unpaired) electrons. The van der Waals surface area contributed by atoms with Crippen LogP contribution in [0.5, 0.6) is 0 Å². The summed E-state index contributed by atoms with van der Waals surface area (Å²) in [6, 6.07) is 73.1. The Morgan fingerprint density at radius 1 is 0.327 bits per heavy atom. The summed E-state index contributed by atoms with van der Waals surface area (Å²) in [6.45, 7) is 12.7. The van der Waals surface area contributed by atoms with Gasteiger partial charge in [0.05, 0.1) is 56.6 Å². The molecule has 0 saturated heterocycles. The number of aromatic nitrogens is 2. The van der Waals surface area contributed by atoms with Gasteiger partial charge in [-0.2, -0.15) is 0 Å². The van der Waals surface area contributed by atoms with Gasteiger partial charge in [0.15, 0.2) is 0 Å². The smallest absolute Gasteiger partial charge is 0.252 e. The molecule has 98 heavy (non-hydrogen) atoms. The second kappa shape index (κ2) is 21.8. The van der Waals surface area contributed by atoms with Gasteiger partial charge in [-0.3, -0.25) is 0 Å². The van der Waals surface area contributed by atoms with Gasteiger partial charge in [0.1, 0.15) is 11.2 Å². The lowest BCUT2D eigenvalue weighted by Gasteiger charge is -2.45. The van der Waals surface area contributed by atoms with Crippen molar-refractivity contribution in [1.82, 2.24) is 9.13 Å². The normalized spacial score (nSPS) is 14.8. The maximum atomic E-state index is 9.87. The second-order valence-corrected chi connectivity index (χ2v) is 27.9. The van der Waals surface area contributed by atoms with E-state index in [-0.39, 0.29) is 50.3 Å². The minimum Gasteiger partial charge on any atom is -0.456 e. The molecule has 0 unspecified atom stereocenters. The van der Waals surface area contributed by atoms with E-state index in [0.717, 1.165) is 122 Å². The van der Waals surface area contributed by atoms with E-state index in [0.29, 0.717) is 33.8 Å². The van der Waals surface area contributed by atoms with Gasteiger partial charge in [0, 0.05) is 66.6 Å². The van der Waals surface area contributed by atoms with E-state index in [1.807, 2.05) is 115 Å². The van der Waals surface area contributed by atoms with E-state index < -0.39 is 73.2 Å². The van der Waals surface area contributed by atoms with Crippen molar-refractivity contribution < 1.29 is 22.2 Å². The van der Waals surface area contributed by atoms with Crippen molar-refractivity contribution in [3.63, 3.8) is 0 Å². The molecule has 0 amide bonds. The van der Waals surface area contributed by atoms with Crippen molar-refractivity contribution in [2.45, 2.75) is 52.4 Å². The Hall–Kier alpha value is -11.9. The Kier molecular flexibility index (Phi) is 10.1. The first-order valence-electron chi connectivity index (χ1n) is 39.8. The molecule has 2 aliphatic heterocycles. The Balaban J connectivity index is 1.05. The molecule has 14 aromatic carbocycles. The van der Waals surface area contributed by atoms with Crippen LogP contribution < -0.4 is 26.2 Å². The topological polar surface area (TPSA) is 29.5 Å². The maximum Gasteiger partial charge on any atom is 0.252 e. The molecule has 3 aromatic heterocycles. The van der Waals surface area contributed by atoms with E-state index in [1.165, 1.54) is 0 Å². The fraction of sp³-hybridized carbons (Fsp3) is 0.0870. The van der Waals surface area contributed by atoms with Crippen LogP contribution in [-0.2, 0) is 10.8 Å². The van der Waals surface area contributed by atoms with E-state index in [9.17, 15) is 11.0 Å². The number of nitrogens with zero attached hydrogens (tertiary/aromatic N) is 4. The molecule has 0 spiro atoms. The van der Waals surface area contributed by atoms with Gasteiger partial charge in [-0.1, -0.05) is 260 Å². The fourth-order valence-corrected chi connectivity index (χ4v) is 15.5. The summed E-state index contributed by atoms with van der Waals surface area (Å²) in [5.74, 6) is 0. The van der Waals surface area contributed by atoms with Crippen LogP contribution in [0.1, 0.15) is 70.5 Å². The van der Waals surface area contributed by atoms with Crippen LogP contribution >= 0.6 is 0 Å². The summed E-state index contributed by atoms with van der Waals surface area (Å²) < 4.78 is 133. The number of anilines is 6. The first-order chi connectivity index (χ1) is 53.3. The molecule has 2 aliphatic rings. The lowest BCUT2D eigenvalue weighted by atomic mass is 9.33. The highest BCUT2D eigenvalue weighted by molar-refractivity contribution is 7.00. The summed E-state index contributed by atoms with van der Waals surface area (Å²) in [5.41, 5.74) is 18.3. The summed E-state index contributed by atoms with van der Waals surface area (Å²) >= 11 is 0. The predicted molar refractivity (Wildman–Crippen MR) is 416 cm³/mol. The van der Waals surface area contributed by atoms with Gasteiger partial charge >= 0.3 is 0 Å². The minimum atomic E-state index is -0.720. The summed E-state index contributed by atoms with van der Waals surface area (Å²) in [6.07, 6.45) is 0. The van der Waals surface area contributed by atoms with Crippen molar-refractivity contribution >= 4 is 123 Å². The molecule has 0 saturated carbocycles. The summed E-state index contributed by atoms with van der Waals surface area (Å²) in [5, 5.41) is 3.38. The predicted octanol–water partition coefficient (Wildman–Crippen LogP) is 23.1. The highest BCUT2D eigenvalue weighted by Gasteiger charge is 2.46. The van der Waals surface area contributed by atoms with Gasteiger partial charge in [-0.05, 0) is 168 Å². The first-order valence-corrected chi connectivity index (χ1v) is 33.3. The third kappa shape index (κ3) is 8.94. The van der Waals surface area contributed by atoms with E-state index in [1.54, 1.807) is 4.57 Å². The number of hydrogen-bond acceptors (Lipinski definition) is 3. The number of benzene rings is 14. The lowest BCUT2D eigenvalue weighted by molar-refractivity contribution is 0.569. The van der Waals surface area contributed by atoms with Crippen LogP contribution in [0.4, 0.5) is 34.1 Å². The van der Waals surface area contributed by atoms with Crippen LogP contribution in [0.3, 0.4) is 0 Å². The molecular weight excluding hydrogens is 1190 g/mol. The Morgan fingerprint density at radius 2 is 0.867 bits per heavy atom. The molecule has 5 nitrogen and oxygen atoms in total. The molecule has 0 bridgehead atoms. The monoisotopic (exact) mass is 1270 g/mol. The summed E-state index contributed by atoms with van der Waals surface area (Å²) in [4.78, 5) is 4.67. The fourth-order valence-electron chi connectivity index (χ4n) is 15.5. The van der Waals surface area contributed by atoms with Crippen LogP contribution in [0.15, 0.2) is 313 Å². The SMILES string of the molecule is [2H]c1c([2H])c([2H])c(-c2ccc3c(c2)N(c2c(-c4ccccc4)ccc4oc5ccccc5c24)c2cc(-c4cc(C(C)(C)C)cc(C(C)(C)C)c4)cc4c2B3c2ccc(-n3c5c([2H])c([2H])c([2H])c([2H])c5c5c([2H])c([2H])c([2H])c([2H])c53)cc2N4c2cc(-c3ccccc3)cc3c2c2ccccc2n3-c2ccccc2)c([2H])c1[2H]. The lowest BCUT2D eigenvalue weighted by Crippen LogP contribution is -2.61. The zero-order chi connectivity index (χ0) is 77.0. The van der Waals surface area contributed by atoms with Crippen molar-refractivity contribution in [2.24, 2.45) is 0 Å². The zero-order valence-electron chi connectivity index (χ0n) is 67.7. The molecule has 466 valence electrons. The van der Waals surface area contributed by atoms with E-state index in [4.69, 9.17) is 11.3 Å². The quantitative estimate of drug-likeness (QED) is 0.142. The molecule has 0 aliphatic carbocycles. The third-order valence-electron chi connectivity index (χ3n) is 20.1. The Labute approximate surface area is 589 Å². The number of para-hydroxylation sites is 5. The summed E-state index contributed by atoms with van der Waals surface area (Å²) in [7, 11) is 0. The number of fused-ring (bicyclic) bond motifs is 13. The molecule has 0 fully saturated rings. The molecule has 0 N–H and O–H groups in total. The van der Waals surface area contributed by atoms with Crippen LogP contribution in [0, 0.1) is 0 Å². The van der Waals surface area contributed by atoms with Gasteiger partial charge in [0.2, 0.25) is 0 Å². The average molecular weight is 1270 g/mol. The zero-order valence-corrected chi connectivity index (χ0v) is 54.7. The number of hydrogen-bond donors (Lipinski definition) is 0. The molecule has 6 heteroatoms. The van der Waals surface area contributed by atoms with E-state index >= 15 is 0 Å². The largest absolute Gasteiger partial charge is 0.456 e.